The molecule has 0 N–H and O–H groups in total. The van der Waals surface area contributed by atoms with Crippen molar-refractivity contribution in [2.45, 2.75) is 17.6 Å². The fourth-order valence-corrected chi connectivity index (χ4v) is 2.03. The normalized spacial score (nSPS) is 27.1. The summed E-state index contributed by atoms with van der Waals surface area (Å²) in [4.78, 5) is 11.0. The molecule has 0 bridgehead atoms. The van der Waals surface area contributed by atoms with Gasteiger partial charge in [0.25, 0.3) is 0 Å². The molecule has 2 heterocycles. The number of carbonyl (C=O) groups is 1. The topological polar surface area (TPSA) is 39.4 Å². The predicted octanol–water partition coefficient (Wildman–Crippen LogP) is 2.30. The van der Waals surface area contributed by atoms with Gasteiger partial charge in [-0.2, -0.15) is 0 Å². The maximum absolute atomic E-state index is 11.0. The summed E-state index contributed by atoms with van der Waals surface area (Å²) in [6, 6.07) is 3.66. The first-order valence-electron chi connectivity index (χ1n) is 4.33. The van der Waals surface area contributed by atoms with E-state index in [2.05, 4.69) is 0 Å². The number of carbonyl (C=O) groups excluding carboxylic acids is 1. The van der Waals surface area contributed by atoms with Gasteiger partial charge in [-0.1, -0.05) is 11.8 Å². The van der Waals surface area contributed by atoms with Crippen LogP contribution in [0.5, 0.6) is 0 Å². The third-order valence-corrected chi connectivity index (χ3v) is 2.99. The standard InChI is InChI=1S/C10H10O3S/c1-7-10(11)13-9(14-7)5-4-8-3-2-6-12-8/h2-7,9H,1H3. The highest BCUT2D eigenvalue weighted by Gasteiger charge is 2.29. The highest BCUT2D eigenvalue weighted by Crippen LogP contribution is 2.29. The average Bonchev–Trinajstić information content (AvgIpc) is 2.74. The van der Waals surface area contributed by atoms with E-state index in [0.29, 0.717) is 0 Å². The van der Waals surface area contributed by atoms with Gasteiger partial charge in [0.2, 0.25) is 0 Å². The van der Waals surface area contributed by atoms with Crippen LogP contribution in [0.3, 0.4) is 0 Å². The summed E-state index contributed by atoms with van der Waals surface area (Å²) in [5, 5.41) is -0.0683. The monoisotopic (exact) mass is 210 g/mol. The van der Waals surface area contributed by atoms with Crippen molar-refractivity contribution < 1.29 is 13.9 Å². The van der Waals surface area contributed by atoms with E-state index in [1.54, 1.807) is 6.26 Å². The molecule has 2 atom stereocenters. The Morgan fingerprint density at radius 2 is 2.43 bits per heavy atom. The maximum Gasteiger partial charge on any atom is 0.320 e. The second-order valence-corrected chi connectivity index (χ2v) is 4.40. The number of hydrogen-bond acceptors (Lipinski definition) is 4. The quantitative estimate of drug-likeness (QED) is 0.702. The highest BCUT2D eigenvalue weighted by molar-refractivity contribution is 8.01. The van der Waals surface area contributed by atoms with E-state index in [4.69, 9.17) is 9.15 Å². The maximum atomic E-state index is 11.0. The largest absolute Gasteiger partial charge is 0.465 e. The third-order valence-electron chi connectivity index (χ3n) is 1.86. The molecule has 1 aliphatic heterocycles. The van der Waals surface area contributed by atoms with Crippen LogP contribution in [-0.4, -0.2) is 16.7 Å². The van der Waals surface area contributed by atoms with Gasteiger partial charge < -0.3 is 9.15 Å². The molecule has 1 aromatic heterocycles. The van der Waals surface area contributed by atoms with Crippen LogP contribution in [0.4, 0.5) is 0 Å². The second-order valence-electron chi connectivity index (χ2n) is 2.96. The second kappa shape index (κ2) is 3.92. The SMILES string of the molecule is CC1SC(C=Cc2ccco2)OC1=O. The van der Waals surface area contributed by atoms with Crippen molar-refractivity contribution in [2.75, 3.05) is 0 Å². The lowest BCUT2D eigenvalue weighted by molar-refractivity contribution is -0.140. The molecule has 2 rings (SSSR count). The van der Waals surface area contributed by atoms with Crippen molar-refractivity contribution in [2.24, 2.45) is 0 Å². The van der Waals surface area contributed by atoms with E-state index in [9.17, 15) is 4.79 Å². The van der Waals surface area contributed by atoms with Gasteiger partial charge >= 0.3 is 5.97 Å². The van der Waals surface area contributed by atoms with Crippen molar-refractivity contribution in [1.29, 1.82) is 0 Å². The van der Waals surface area contributed by atoms with Crippen LogP contribution in [0.2, 0.25) is 0 Å². The Labute approximate surface area is 86.1 Å². The molecule has 74 valence electrons. The van der Waals surface area contributed by atoms with Crippen LogP contribution >= 0.6 is 11.8 Å². The average molecular weight is 210 g/mol. The zero-order chi connectivity index (χ0) is 9.97. The Balaban J connectivity index is 1.96. The highest BCUT2D eigenvalue weighted by atomic mass is 32.2. The molecule has 0 radical (unpaired) electrons. The molecule has 0 spiro atoms. The number of ether oxygens (including phenoxy) is 1. The fraction of sp³-hybridized carbons (Fsp3) is 0.300. The predicted molar refractivity (Wildman–Crippen MR) is 54.7 cm³/mol. The molecule has 0 saturated carbocycles. The smallest absolute Gasteiger partial charge is 0.320 e. The third kappa shape index (κ3) is 2.01. The Morgan fingerprint density at radius 1 is 1.57 bits per heavy atom. The van der Waals surface area contributed by atoms with Crippen LogP contribution in [0.25, 0.3) is 6.08 Å². The van der Waals surface area contributed by atoms with Crippen LogP contribution in [0.1, 0.15) is 12.7 Å². The van der Waals surface area contributed by atoms with E-state index in [0.717, 1.165) is 5.76 Å². The molecule has 1 aromatic rings. The van der Waals surface area contributed by atoms with Gasteiger partial charge in [0.15, 0.2) is 5.44 Å². The summed E-state index contributed by atoms with van der Waals surface area (Å²) in [5.74, 6) is 0.616. The first kappa shape index (κ1) is 9.40. The number of cyclic esters (lactones) is 1. The minimum absolute atomic E-state index is 0.0683. The van der Waals surface area contributed by atoms with Crippen LogP contribution < -0.4 is 0 Å². The van der Waals surface area contributed by atoms with E-state index >= 15 is 0 Å². The molecular weight excluding hydrogens is 200 g/mol. The molecule has 1 saturated heterocycles. The van der Waals surface area contributed by atoms with Crippen molar-refractivity contribution in [3.05, 3.63) is 30.2 Å². The molecule has 14 heavy (non-hydrogen) atoms. The van der Waals surface area contributed by atoms with Gasteiger partial charge in [0, 0.05) is 0 Å². The van der Waals surface area contributed by atoms with Gasteiger partial charge in [-0.05, 0) is 31.2 Å². The number of thioether (sulfide) groups is 1. The zero-order valence-electron chi connectivity index (χ0n) is 7.67. The number of rotatable bonds is 2. The summed E-state index contributed by atoms with van der Waals surface area (Å²) in [5.41, 5.74) is -0.178. The summed E-state index contributed by atoms with van der Waals surface area (Å²) >= 11 is 1.50. The molecule has 0 aliphatic carbocycles. The van der Waals surface area contributed by atoms with Gasteiger partial charge in [-0.25, -0.2) is 0 Å². The Bertz CT molecular complexity index is 342. The van der Waals surface area contributed by atoms with E-state index in [1.165, 1.54) is 11.8 Å². The van der Waals surface area contributed by atoms with Crippen LogP contribution in [0, 0.1) is 0 Å². The molecule has 4 heteroatoms. The minimum Gasteiger partial charge on any atom is -0.465 e. The summed E-state index contributed by atoms with van der Waals surface area (Å²) < 4.78 is 10.2. The number of esters is 1. The zero-order valence-corrected chi connectivity index (χ0v) is 8.49. The molecule has 0 amide bonds. The summed E-state index contributed by atoms with van der Waals surface area (Å²) in [7, 11) is 0. The molecular formula is C10H10O3S. The van der Waals surface area contributed by atoms with E-state index in [-0.39, 0.29) is 16.7 Å². The van der Waals surface area contributed by atoms with E-state index in [1.807, 2.05) is 31.2 Å². The fourth-order valence-electron chi connectivity index (χ4n) is 1.14. The van der Waals surface area contributed by atoms with E-state index < -0.39 is 0 Å². The Morgan fingerprint density at radius 3 is 3.00 bits per heavy atom. The van der Waals surface area contributed by atoms with Crippen molar-refractivity contribution in [1.82, 2.24) is 0 Å². The molecule has 2 unspecified atom stereocenters. The number of furan rings is 1. The van der Waals surface area contributed by atoms with Gasteiger partial charge in [0.05, 0.1) is 6.26 Å². The molecule has 3 nitrogen and oxygen atoms in total. The molecule has 0 aromatic carbocycles. The van der Waals surface area contributed by atoms with Gasteiger partial charge in [0.1, 0.15) is 11.0 Å². The minimum atomic E-state index is -0.178. The lowest BCUT2D eigenvalue weighted by atomic mass is 10.4. The number of hydrogen-bond donors (Lipinski definition) is 0. The Hall–Kier alpha value is -1.16. The van der Waals surface area contributed by atoms with Crippen molar-refractivity contribution >= 4 is 23.8 Å². The van der Waals surface area contributed by atoms with Crippen molar-refractivity contribution in [3.8, 4) is 0 Å². The summed E-state index contributed by atoms with van der Waals surface area (Å²) in [6.07, 6.45) is 5.24. The first-order chi connectivity index (χ1) is 6.75. The van der Waals surface area contributed by atoms with Crippen LogP contribution in [-0.2, 0) is 9.53 Å². The van der Waals surface area contributed by atoms with Gasteiger partial charge in [-0.15, -0.1) is 0 Å². The summed E-state index contributed by atoms with van der Waals surface area (Å²) in [6.45, 7) is 1.84. The first-order valence-corrected chi connectivity index (χ1v) is 5.27. The Kier molecular flexibility index (Phi) is 2.63. The molecule has 1 fully saturated rings. The lowest BCUT2D eigenvalue weighted by Gasteiger charge is -1.99. The van der Waals surface area contributed by atoms with Gasteiger partial charge in [-0.3, -0.25) is 4.79 Å². The van der Waals surface area contributed by atoms with Crippen molar-refractivity contribution in [3.63, 3.8) is 0 Å². The molecule has 1 aliphatic rings. The lowest BCUT2D eigenvalue weighted by Crippen LogP contribution is -2.06. The van der Waals surface area contributed by atoms with Crippen LogP contribution in [0.15, 0.2) is 28.9 Å².